The molecule has 0 radical (unpaired) electrons. The summed E-state index contributed by atoms with van der Waals surface area (Å²) in [6, 6.07) is 10.3. The highest BCUT2D eigenvalue weighted by atomic mass is 79.9. The predicted molar refractivity (Wildman–Crippen MR) is 101 cm³/mol. The summed E-state index contributed by atoms with van der Waals surface area (Å²) in [6.07, 6.45) is 3.58. The molecule has 0 unspecified atom stereocenters. The van der Waals surface area contributed by atoms with Crippen molar-refractivity contribution in [1.29, 1.82) is 0 Å². The van der Waals surface area contributed by atoms with Crippen LogP contribution in [0.3, 0.4) is 0 Å². The molecule has 0 aliphatic heterocycles. The van der Waals surface area contributed by atoms with Crippen LogP contribution in [0.5, 0.6) is 5.88 Å². The molecule has 0 fully saturated rings. The zero-order valence-corrected chi connectivity index (χ0v) is 16.1. The number of hydrogen-bond acceptors (Lipinski definition) is 6. The van der Waals surface area contributed by atoms with Gasteiger partial charge in [0.15, 0.2) is 0 Å². The van der Waals surface area contributed by atoms with Crippen LogP contribution in [0.1, 0.15) is 4.88 Å². The fourth-order valence-electron chi connectivity index (χ4n) is 2.00. The number of aromatic nitrogens is 2. The zero-order chi connectivity index (χ0) is 17.7. The van der Waals surface area contributed by atoms with E-state index in [2.05, 4.69) is 30.6 Å². The summed E-state index contributed by atoms with van der Waals surface area (Å²) in [6.45, 7) is 0.381. The van der Waals surface area contributed by atoms with Gasteiger partial charge in [-0.05, 0) is 35.7 Å². The van der Waals surface area contributed by atoms with E-state index in [1.165, 1.54) is 29.4 Å². The standard InChI is InChI=1S/C16H14BrN3O3S2/c17-12-3-5-14(6-4-12)25(21,22)20-15-16(19-9-8-18-15)23-10-7-13-2-1-11-24-13/h1-6,8-9,11H,7,10H2,(H,18,20). The summed E-state index contributed by atoms with van der Waals surface area (Å²) in [4.78, 5) is 9.42. The largest absolute Gasteiger partial charge is 0.475 e. The highest BCUT2D eigenvalue weighted by Gasteiger charge is 2.18. The van der Waals surface area contributed by atoms with Gasteiger partial charge in [0.05, 0.1) is 11.5 Å². The minimum Gasteiger partial charge on any atom is -0.475 e. The Morgan fingerprint density at radius 3 is 2.60 bits per heavy atom. The second-order valence-corrected chi connectivity index (χ2v) is 8.58. The lowest BCUT2D eigenvalue weighted by Gasteiger charge is -2.11. The fraction of sp³-hybridized carbons (Fsp3) is 0.125. The first-order valence-corrected chi connectivity index (χ1v) is 10.4. The van der Waals surface area contributed by atoms with Crippen molar-refractivity contribution in [2.75, 3.05) is 11.3 Å². The van der Waals surface area contributed by atoms with Gasteiger partial charge in [-0.25, -0.2) is 18.4 Å². The predicted octanol–water partition coefficient (Wildman–Crippen LogP) is 3.72. The molecule has 0 atom stereocenters. The van der Waals surface area contributed by atoms with Crippen LogP contribution in [0.2, 0.25) is 0 Å². The Balaban J connectivity index is 1.72. The van der Waals surface area contributed by atoms with E-state index in [1.807, 2.05) is 17.5 Å². The third-order valence-electron chi connectivity index (χ3n) is 3.19. The number of nitrogens with one attached hydrogen (secondary N) is 1. The van der Waals surface area contributed by atoms with Crippen molar-refractivity contribution in [1.82, 2.24) is 9.97 Å². The van der Waals surface area contributed by atoms with Gasteiger partial charge in [0.2, 0.25) is 5.82 Å². The maximum Gasteiger partial charge on any atom is 0.263 e. The van der Waals surface area contributed by atoms with Gasteiger partial charge in [0, 0.05) is 28.2 Å². The summed E-state index contributed by atoms with van der Waals surface area (Å²) in [5.74, 6) is 0.219. The molecule has 0 amide bonds. The Labute approximate surface area is 158 Å². The quantitative estimate of drug-likeness (QED) is 0.606. The number of hydrogen-bond donors (Lipinski definition) is 1. The molecule has 130 valence electrons. The van der Waals surface area contributed by atoms with Crippen molar-refractivity contribution < 1.29 is 13.2 Å². The molecule has 6 nitrogen and oxygen atoms in total. The summed E-state index contributed by atoms with van der Waals surface area (Å²) in [5.41, 5.74) is 0. The average Bonchev–Trinajstić information content (AvgIpc) is 3.10. The molecule has 0 saturated carbocycles. The molecule has 0 bridgehead atoms. The lowest BCUT2D eigenvalue weighted by atomic mass is 10.4. The summed E-state index contributed by atoms with van der Waals surface area (Å²) < 4.78 is 33.8. The molecule has 0 aliphatic carbocycles. The number of nitrogens with zero attached hydrogens (tertiary/aromatic N) is 2. The van der Waals surface area contributed by atoms with Crippen molar-refractivity contribution in [3.05, 3.63) is 63.5 Å². The number of thiophene rings is 1. The second kappa shape index (κ2) is 7.94. The Kier molecular flexibility index (Phi) is 5.67. The van der Waals surface area contributed by atoms with Crippen LogP contribution in [-0.4, -0.2) is 25.0 Å². The molecular formula is C16H14BrN3O3S2. The van der Waals surface area contributed by atoms with Crippen LogP contribution >= 0.6 is 27.3 Å². The van der Waals surface area contributed by atoms with Crippen molar-refractivity contribution in [2.45, 2.75) is 11.3 Å². The van der Waals surface area contributed by atoms with Gasteiger partial charge in [-0.2, -0.15) is 0 Å². The number of halogens is 1. The number of sulfonamides is 1. The van der Waals surface area contributed by atoms with Crippen LogP contribution in [0.4, 0.5) is 5.82 Å². The Morgan fingerprint density at radius 2 is 1.88 bits per heavy atom. The van der Waals surface area contributed by atoms with Crippen molar-refractivity contribution in [3.63, 3.8) is 0 Å². The number of rotatable bonds is 7. The highest BCUT2D eigenvalue weighted by Crippen LogP contribution is 2.23. The lowest BCUT2D eigenvalue weighted by Crippen LogP contribution is -2.15. The van der Waals surface area contributed by atoms with Crippen molar-refractivity contribution >= 4 is 43.1 Å². The first-order chi connectivity index (χ1) is 12.0. The SMILES string of the molecule is O=S(=O)(Nc1nccnc1OCCc1cccs1)c1ccc(Br)cc1. The van der Waals surface area contributed by atoms with Crippen LogP contribution in [0.15, 0.2) is 63.5 Å². The summed E-state index contributed by atoms with van der Waals surface area (Å²) in [7, 11) is -3.77. The van der Waals surface area contributed by atoms with Gasteiger partial charge in [-0.3, -0.25) is 4.72 Å². The Morgan fingerprint density at radius 1 is 1.12 bits per heavy atom. The molecule has 1 aromatic carbocycles. The van der Waals surface area contributed by atoms with Gasteiger partial charge < -0.3 is 4.74 Å². The van der Waals surface area contributed by atoms with Crippen LogP contribution in [0.25, 0.3) is 0 Å². The van der Waals surface area contributed by atoms with E-state index in [0.717, 1.165) is 4.47 Å². The molecule has 9 heteroatoms. The first-order valence-electron chi connectivity index (χ1n) is 7.29. The van der Waals surface area contributed by atoms with E-state index in [0.29, 0.717) is 13.0 Å². The molecule has 0 saturated heterocycles. The molecule has 3 rings (SSSR count). The molecule has 25 heavy (non-hydrogen) atoms. The van der Waals surface area contributed by atoms with Crippen LogP contribution in [0, 0.1) is 0 Å². The highest BCUT2D eigenvalue weighted by molar-refractivity contribution is 9.10. The van der Waals surface area contributed by atoms with Crippen LogP contribution < -0.4 is 9.46 Å². The number of benzene rings is 1. The van der Waals surface area contributed by atoms with Gasteiger partial charge in [0.1, 0.15) is 0 Å². The van der Waals surface area contributed by atoms with E-state index in [-0.39, 0.29) is 16.6 Å². The van der Waals surface area contributed by atoms with Gasteiger partial charge in [0.25, 0.3) is 15.9 Å². The Bertz CT molecular complexity index is 930. The third kappa shape index (κ3) is 4.77. The minimum absolute atomic E-state index is 0.0663. The average molecular weight is 440 g/mol. The maximum atomic E-state index is 12.5. The molecule has 0 spiro atoms. The summed E-state index contributed by atoms with van der Waals surface area (Å²) >= 11 is 4.92. The molecule has 2 heterocycles. The monoisotopic (exact) mass is 439 g/mol. The maximum absolute atomic E-state index is 12.5. The normalized spacial score (nSPS) is 11.2. The van der Waals surface area contributed by atoms with E-state index in [9.17, 15) is 8.42 Å². The number of anilines is 1. The van der Waals surface area contributed by atoms with Gasteiger partial charge in [-0.1, -0.05) is 22.0 Å². The smallest absolute Gasteiger partial charge is 0.263 e. The summed E-state index contributed by atoms with van der Waals surface area (Å²) in [5, 5.41) is 2.00. The zero-order valence-electron chi connectivity index (χ0n) is 12.9. The molecule has 3 aromatic rings. The topological polar surface area (TPSA) is 81.2 Å². The molecule has 1 N–H and O–H groups in total. The van der Waals surface area contributed by atoms with E-state index in [1.54, 1.807) is 23.5 Å². The number of ether oxygens (including phenoxy) is 1. The van der Waals surface area contributed by atoms with Crippen LogP contribution in [-0.2, 0) is 16.4 Å². The van der Waals surface area contributed by atoms with Crippen molar-refractivity contribution in [2.24, 2.45) is 0 Å². The van der Waals surface area contributed by atoms with E-state index >= 15 is 0 Å². The molecule has 0 aliphatic rings. The molecule has 2 aromatic heterocycles. The minimum atomic E-state index is -3.77. The second-order valence-electron chi connectivity index (χ2n) is 4.95. The molecular weight excluding hydrogens is 426 g/mol. The van der Waals surface area contributed by atoms with Crippen molar-refractivity contribution in [3.8, 4) is 5.88 Å². The van der Waals surface area contributed by atoms with E-state index < -0.39 is 10.0 Å². The fourth-order valence-corrected chi connectivity index (χ4v) is 3.97. The first kappa shape index (κ1) is 17.8. The Hall–Kier alpha value is -1.97. The van der Waals surface area contributed by atoms with Gasteiger partial charge >= 0.3 is 0 Å². The lowest BCUT2D eigenvalue weighted by molar-refractivity contribution is 0.311. The van der Waals surface area contributed by atoms with Gasteiger partial charge in [-0.15, -0.1) is 11.3 Å². The van der Waals surface area contributed by atoms with E-state index in [4.69, 9.17) is 4.74 Å². The third-order valence-corrected chi connectivity index (χ3v) is 6.01.